The van der Waals surface area contributed by atoms with Crippen LogP contribution in [0.4, 0.5) is 8.78 Å². The number of carbonyl (C=O) groups excluding carboxylic acids is 1. The number of carbonyl (C=O) groups is 1. The summed E-state index contributed by atoms with van der Waals surface area (Å²) in [5, 5.41) is 22.6. The van der Waals surface area contributed by atoms with E-state index >= 15 is 0 Å². The van der Waals surface area contributed by atoms with Crippen LogP contribution in [0.5, 0.6) is 5.75 Å². The molecule has 0 amide bonds. The van der Waals surface area contributed by atoms with Crippen LogP contribution in [0.1, 0.15) is 58.9 Å². The summed E-state index contributed by atoms with van der Waals surface area (Å²) < 4.78 is 33.9. The molecule has 0 bridgehead atoms. The van der Waals surface area contributed by atoms with E-state index in [1.165, 1.54) is 30.3 Å². The van der Waals surface area contributed by atoms with Crippen LogP contribution < -0.4 is 5.73 Å². The van der Waals surface area contributed by atoms with Crippen LogP contribution in [0.15, 0.2) is 54.6 Å². The number of cyclic esters (lactones) is 1. The molecule has 5 nitrogen and oxygen atoms in total. The molecule has 0 aromatic heterocycles. The fourth-order valence-electron chi connectivity index (χ4n) is 4.86. The standard InChI is InChI=1S/C27H26ClF2NO4/c1-26(2,20-11-17(29)7-9-23(20)32)14-27(34,12-19-21(28)4-3-5-22(19)30)24(31)15-6-8-18-16(10-15)13-35-25(18)33/h3-11,24,32,34H,12-14,31H2,1-2H3. The number of phenolic OH excluding ortho intramolecular Hbond substituents is 1. The van der Waals surface area contributed by atoms with Gasteiger partial charge in [-0.3, -0.25) is 0 Å². The largest absolute Gasteiger partial charge is 0.508 e. The minimum Gasteiger partial charge on any atom is -0.508 e. The van der Waals surface area contributed by atoms with Gasteiger partial charge in [-0.05, 0) is 59.9 Å². The van der Waals surface area contributed by atoms with E-state index in [9.17, 15) is 23.8 Å². The van der Waals surface area contributed by atoms with Crippen molar-refractivity contribution in [3.05, 3.63) is 99.1 Å². The Labute approximate surface area is 207 Å². The van der Waals surface area contributed by atoms with Gasteiger partial charge >= 0.3 is 5.97 Å². The van der Waals surface area contributed by atoms with Crippen LogP contribution >= 0.6 is 11.6 Å². The van der Waals surface area contributed by atoms with Crippen LogP contribution in [0.3, 0.4) is 0 Å². The van der Waals surface area contributed by atoms with Crippen molar-refractivity contribution in [2.75, 3.05) is 0 Å². The first-order valence-corrected chi connectivity index (χ1v) is 11.5. The first-order valence-electron chi connectivity index (χ1n) is 11.1. The SMILES string of the molecule is CC(C)(CC(O)(Cc1c(F)cccc1Cl)C(N)c1ccc2c(c1)COC2=O)c1cc(F)ccc1O. The topological polar surface area (TPSA) is 92.8 Å². The van der Waals surface area contributed by atoms with E-state index in [4.69, 9.17) is 22.1 Å². The number of ether oxygens (including phenoxy) is 1. The molecular weight excluding hydrogens is 476 g/mol. The maximum atomic E-state index is 14.8. The Morgan fingerprint density at radius 2 is 1.89 bits per heavy atom. The Hall–Kier alpha value is -3.00. The zero-order valence-electron chi connectivity index (χ0n) is 19.3. The highest BCUT2D eigenvalue weighted by Crippen LogP contribution is 2.43. The number of fused-ring (bicyclic) bond motifs is 1. The molecule has 0 spiro atoms. The van der Waals surface area contributed by atoms with Gasteiger partial charge in [0.25, 0.3) is 0 Å². The molecule has 0 radical (unpaired) electrons. The molecule has 35 heavy (non-hydrogen) atoms. The second kappa shape index (κ2) is 9.22. The quantitative estimate of drug-likeness (QED) is 0.380. The lowest BCUT2D eigenvalue weighted by atomic mass is 9.69. The molecule has 3 aromatic carbocycles. The van der Waals surface area contributed by atoms with E-state index in [2.05, 4.69) is 0 Å². The number of hydrogen-bond acceptors (Lipinski definition) is 5. The van der Waals surface area contributed by atoms with Crippen molar-refractivity contribution in [2.45, 2.75) is 50.4 Å². The first kappa shape index (κ1) is 25.1. The molecule has 3 aromatic rings. The highest BCUT2D eigenvalue weighted by Gasteiger charge is 2.43. The molecule has 2 unspecified atom stereocenters. The van der Waals surface area contributed by atoms with Crippen LogP contribution in [-0.4, -0.2) is 21.8 Å². The van der Waals surface area contributed by atoms with Crippen LogP contribution in [0.25, 0.3) is 0 Å². The van der Waals surface area contributed by atoms with E-state index in [0.29, 0.717) is 16.7 Å². The minimum absolute atomic E-state index is 0.0740. The van der Waals surface area contributed by atoms with Gasteiger partial charge in [0.2, 0.25) is 0 Å². The lowest BCUT2D eigenvalue weighted by Gasteiger charge is -2.41. The van der Waals surface area contributed by atoms with Crippen molar-refractivity contribution in [3.8, 4) is 5.75 Å². The van der Waals surface area contributed by atoms with Crippen molar-refractivity contribution >= 4 is 17.6 Å². The molecule has 184 valence electrons. The van der Waals surface area contributed by atoms with Crippen LogP contribution in [0, 0.1) is 11.6 Å². The normalized spacial score (nSPS) is 15.9. The number of aliphatic hydroxyl groups is 1. The number of esters is 1. The fraction of sp³-hybridized carbons (Fsp3) is 0.296. The Balaban J connectivity index is 1.79. The molecule has 0 aliphatic carbocycles. The van der Waals surface area contributed by atoms with Crippen molar-refractivity contribution in [2.24, 2.45) is 5.73 Å². The first-order chi connectivity index (χ1) is 16.4. The molecule has 0 saturated carbocycles. The van der Waals surface area contributed by atoms with E-state index in [1.807, 2.05) is 0 Å². The smallest absolute Gasteiger partial charge is 0.338 e. The van der Waals surface area contributed by atoms with E-state index < -0.39 is 34.7 Å². The number of rotatable bonds is 7. The summed E-state index contributed by atoms with van der Waals surface area (Å²) in [4.78, 5) is 11.9. The second-order valence-electron chi connectivity index (χ2n) is 9.67. The predicted molar refractivity (Wildman–Crippen MR) is 128 cm³/mol. The van der Waals surface area contributed by atoms with E-state index in [0.717, 1.165) is 6.07 Å². The Morgan fingerprint density at radius 3 is 2.60 bits per heavy atom. The third-order valence-corrected chi connectivity index (χ3v) is 6.98. The number of aromatic hydroxyl groups is 1. The maximum Gasteiger partial charge on any atom is 0.338 e. The van der Waals surface area contributed by atoms with Gasteiger partial charge in [-0.25, -0.2) is 13.6 Å². The van der Waals surface area contributed by atoms with Gasteiger partial charge in [0.15, 0.2) is 0 Å². The third-order valence-electron chi connectivity index (χ3n) is 6.63. The van der Waals surface area contributed by atoms with Gasteiger partial charge in [-0.15, -0.1) is 0 Å². The van der Waals surface area contributed by atoms with Gasteiger partial charge in [0, 0.05) is 28.1 Å². The van der Waals surface area contributed by atoms with Crippen molar-refractivity contribution in [1.29, 1.82) is 0 Å². The zero-order chi connectivity index (χ0) is 25.5. The van der Waals surface area contributed by atoms with Gasteiger partial charge in [0.1, 0.15) is 24.0 Å². The molecule has 1 heterocycles. The molecule has 4 rings (SSSR count). The molecule has 8 heteroatoms. The molecule has 2 atom stereocenters. The molecule has 1 aliphatic rings. The van der Waals surface area contributed by atoms with Crippen molar-refractivity contribution in [1.82, 2.24) is 0 Å². The summed E-state index contributed by atoms with van der Waals surface area (Å²) in [6.45, 7) is 3.56. The molecule has 0 saturated heterocycles. The molecule has 0 fully saturated rings. The third kappa shape index (κ3) is 4.89. The van der Waals surface area contributed by atoms with Gasteiger partial charge < -0.3 is 20.7 Å². The number of halogens is 3. The highest BCUT2D eigenvalue weighted by molar-refractivity contribution is 6.31. The Morgan fingerprint density at radius 1 is 1.14 bits per heavy atom. The van der Waals surface area contributed by atoms with Crippen LogP contribution in [-0.2, 0) is 23.2 Å². The lowest BCUT2D eigenvalue weighted by molar-refractivity contribution is -0.0126. The average molecular weight is 502 g/mol. The van der Waals surface area contributed by atoms with Crippen molar-refractivity contribution in [3.63, 3.8) is 0 Å². The molecule has 4 N–H and O–H groups in total. The number of nitrogens with two attached hydrogens (primary N) is 1. The molecular formula is C27H26ClF2NO4. The van der Waals surface area contributed by atoms with E-state index in [-0.39, 0.29) is 41.3 Å². The number of benzene rings is 3. The number of phenols is 1. The minimum atomic E-state index is -1.79. The van der Waals surface area contributed by atoms with Crippen molar-refractivity contribution < 1.29 is 28.5 Å². The second-order valence-corrected chi connectivity index (χ2v) is 10.1. The van der Waals surface area contributed by atoms with Gasteiger partial charge in [-0.1, -0.05) is 37.6 Å². The summed E-state index contributed by atoms with van der Waals surface area (Å²) in [6.07, 6.45) is -0.318. The lowest BCUT2D eigenvalue weighted by Crippen LogP contribution is -2.47. The average Bonchev–Trinajstić information content (AvgIpc) is 3.17. The fourth-order valence-corrected chi connectivity index (χ4v) is 5.09. The zero-order valence-corrected chi connectivity index (χ0v) is 20.1. The Bertz CT molecular complexity index is 1280. The Kier molecular flexibility index (Phi) is 6.62. The highest BCUT2D eigenvalue weighted by atomic mass is 35.5. The van der Waals surface area contributed by atoms with Gasteiger partial charge in [0.05, 0.1) is 17.2 Å². The number of hydrogen-bond donors (Lipinski definition) is 3. The summed E-state index contributed by atoms with van der Waals surface area (Å²) in [7, 11) is 0. The van der Waals surface area contributed by atoms with Gasteiger partial charge in [-0.2, -0.15) is 0 Å². The summed E-state index contributed by atoms with van der Waals surface area (Å²) in [5.74, 6) is -1.71. The summed E-state index contributed by atoms with van der Waals surface area (Å²) in [5.41, 5.74) is 5.79. The molecule has 1 aliphatic heterocycles. The van der Waals surface area contributed by atoms with Crippen LogP contribution in [0.2, 0.25) is 5.02 Å². The predicted octanol–water partition coefficient (Wildman–Crippen LogP) is 5.34. The summed E-state index contributed by atoms with van der Waals surface area (Å²) >= 11 is 6.28. The maximum absolute atomic E-state index is 14.8. The summed E-state index contributed by atoms with van der Waals surface area (Å²) in [6, 6.07) is 11.7. The monoisotopic (exact) mass is 501 g/mol. The van der Waals surface area contributed by atoms with E-state index in [1.54, 1.807) is 32.0 Å².